The number of nitrogens with one attached hydrogen (secondary N) is 2. The lowest BCUT2D eigenvalue weighted by Crippen LogP contribution is -2.25. The molecule has 0 aliphatic rings. The molecular weight excluding hydrogens is 348 g/mol. The van der Waals surface area contributed by atoms with Crippen LogP contribution in [-0.2, 0) is 0 Å². The Kier molecular flexibility index (Phi) is 5.46. The molecule has 1 atom stereocenters. The molecule has 0 aliphatic carbocycles. The number of carbonyl (C=O) groups is 2. The van der Waals surface area contributed by atoms with Gasteiger partial charge < -0.3 is 5.32 Å². The standard InChI is InChI=1S/C20H18N2O3S/c1-13(21-19(23)17-11-12-18(26-17)20(24)22-25)14-7-9-16(10-8-14)15-5-3-2-4-6-15/h2-13,25H,1H3,(H,21,23)(H,22,24)/t13-/m1/s1. The summed E-state index contributed by atoms with van der Waals surface area (Å²) in [6.45, 7) is 1.91. The van der Waals surface area contributed by atoms with Crippen LogP contribution in [0.1, 0.15) is 37.9 Å². The number of amides is 2. The van der Waals surface area contributed by atoms with Crippen LogP contribution in [0.15, 0.2) is 66.7 Å². The summed E-state index contributed by atoms with van der Waals surface area (Å²) in [6, 6.07) is 21.0. The van der Waals surface area contributed by atoms with Crippen molar-refractivity contribution >= 4 is 23.2 Å². The molecule has 6 heteroatoms. The third kappa shape index (κ3) is 3.99. The van der Waals surface area contributed by atoms with Crippen molar-refractivity contribution in [3.8, 4) is 11.1 Å². The van der Waals surface area contributed by atoms with Gasteiger partial charge in [0.25, 0.3) is 11.8 Å². The Bertz CT molecular complexity index is 904. The maximum Gasteiger partial charge on any atom is 0.284 e. The number of thiophene rings is 1. The smallest absolute Gasteiger partial charge is 0.284 e. The van der Waals surface area contributed by atoms with E-state index in [1.54, 1.807) is 11.5 Å². The fourth-order valence-corrected chi connectivity index (χ4v) is 3.38. The lowest BCUT2D eigenvalue weighted by Gasteiger charge is -2.14. The molecule has 0 saturated carbocycles. The Morgan fingerprint density at radius 1 is 0.846 bits per heavy atom. The van der Waals surface area contributed by atoms with E-state index in [2.05, 4.69) is 17.4 Å². The zero-order chi connectivity index (χ0) is 18.5. The molecule has 0 spiro atoms. The third-order valence-electron chi connectivity index (χ3n) is 4.02. The van der Waals surface area contributed by atoms with Gasteiger partial charge in [-0.15, -0.1) is 11.3 Å². The van der Waals surface area contributed by atoms with Crippen molar-refractivity contribution in [2.75, 3.05) is 0 Å². The lowest BCUT2D eigenvalue weighted by molar-refractivity contribution is 0.0711. The fourth-order valence-electron chi connectivity index (χ4n) is 2.58. The Hall–Kier alpha value is -2.96. The van der Waals surface area contributed by atoms with Crippen molar-refractivity contribution < 1.29 is 14.8 Å². The molecule has 1 aromatic heterocycles. The van der Waals surface area contributed by atoms with E-state index in [4.69, 9.17) is 5.21 Å². The van der Waals surface area contributed by atoms with Gasteiger partial charge in [0.1, 0.15) is 0 Å². The molecule has 3 aromatic rings. The highest BCUT2D eigenvalue weighted by molar-refractivity contribution is 7.15. The minimum atomic E-state index is -0.626. The summed E-state index contributed by atoms with van der Waals surface area (Å²) in [6.07, 6.45) is 0. The normalized spacial score (nSPS) is 11.6. The number of hydroxylamine groups is 1. The largest absolute Gasteiger partial charge is 0.345 e. The first-order valence-corrected chi connectivity index (χ1v) is 8.90. The van der Waals surface area contributed by atoms with Gasteiger partial charge in [-0.3, -0.25) is 14.8 Å². The van der Waals surface area contributed by atoms with E-state index >= 15 is 0 Å². The molecule has 132 valence electrons. The first-order valence-electron chi connectivity index (χ1n) is 8.09. The van der Waals surface area contributed by atoms with Crippen LogP contribution in [0.4, 0.5) is 0 Å². The van der Waals surface area contributed by atoms with Crippen LogP contribution in [0.25, 0.3) is 11.1 Å². The van der Waals surface area contributed by atoms with E-state index in [-0.39, 0.29) is 16.8 Å². The summed E-state index contributed by atoms with van der Waals surface area (Å²) < 4.78 is 0. The quantitative estimate of drug-likeness (QED) is 0.471. The van der Waals surface area contributed by atoms with Crippen molar-refractivity contribution in [3.05, 3.63) is 82.0 Å². The van der Waals surface area contributed by atoms with Crippen LogP contribution in [0.3, 0.4) is 0 Å². The maximum atomic E-state index is 12.3. The summed E-state index contributed by atoms with van der Waals surface area (Å²) in [4.78, 5) is 24.4. The van der Waals surface area contributed by atoms with E-state index in [0.29, 0.717) is 4.88 Å². The number of carbonyl (C=O) groups excluding carboxylic acids is 2. The number of hydrogen-bond donors (Lipinski definition) is 3. The second-order valence-electron chi connectivity index (χ2n) is 5.79. The highest BCUT2D eigenvalue weighted by atomic mass is 32.1. The monoisotopic (exact) mass is 366 g/mol. The van der Waals surface area contributed by atoms with E-state index in [9.17, 15) is 9.59 Å². The van der Waals surface area contributed by atoms with Gasteiger partial charge in [-0.1, -0.05) is 54.6 Å². The molecule has 0 unspecified atom stereocenters. The molecule has 5 nitrogen and oxygen atoms in total. The lowest BCUT2D eigenvalue weighted by atomic mass is 10.0. The predicted molar refractivity (Wildman–Crippen MR) is 101 cm³/mol. The van der Waals surface area contributed by atoms with E-state index in [1.165, 1.54) is 6.07 Å². The van der Waals surface area contributed by atoms with Gasteiger partial charge >= 0.3 is 0 Å². The van der Waals surface area contributed by atoms with Gasteiger partial charge in [0.15, 0.2) is 0 Å². The molecule has 1 heterocycles. The molecule has 0 aliphatic heterocycles. The van der Waals surface area contributed by atoms with E-state index < -0.39 is 5.91 Å². The van der Waals surface area contributed by atoms with Crippen molar-refractivity contribution in [2.24, 2.45) is 0 Å². The average molecular weight is 366 g/mol. The summed E-state index contributed by atoms with van der Waals surface area (Å²) in [7, 11) is 0. The van der Waals surface area contributed by atoms with Crippen LogP contribution >= 0.6 is 11.3 Å². The van der Waals surface area contributed by atoms with Gasteiger partial charge in [0, 0.05) is 0 Å². The molecule has 0 fully saturated rings. The van der Waals surface area contributed by atoms with Gasteiger partial charge in [0.2, 0.25) is 0 Å². The van der Waals surface area contributed by atoms with Gasteiger partial charge in [-0.25, -0.2) is 5.48 Å². The molecular formula is C20H18N2O3S. The summed E-state index contributed by atoms with van der Waals surface area (Å²) in [5, 5.41) is 11.6. The average Bonchev–Trinajstić information content (AvgIpc) is 3.18. The number of benzene rings is 2. The van der Waals surface area contributed by atoms with Crippen LogP contribution in [0.2, 0.25) is 0 Å². The Morgan fingerprint density at radius 3 is 2.04 bits per heavy atom. The fraction of sp³-hybridized carbons (Fsp3) is 0.100. The Labute approximate surface area is 155 Å². The number of hydrogen-bond acceptors (Lipinski definition) is 4. The Morgan fingerprint density at radius 2 is 1.42 bits per heavy atom. The highest BCUT2D eigenvalue weighted by Crippen LogP contribution is 2.23. The zero-order valence-corrected chi connectivity index (χ0v) is 14.9. The number of rotatable bonds is 5. The SMILES string of the molecule is C[C@@H](NC(=O)c1ccc(C(=O)NO)s1)c1ccc(-c2ccccc2)cc1. The minimum absolute atomic E-state index is 0.176. The predicted octanol–water partition coefficient (Wildman–Crippen LogP) is 4.03. The minimum Gasteiger partial charge on any atom is -0.345 e. The second kappa shape index (κ2) is 7.95. The van der Waals surface area contributed by atoms with Crippen LogP contribution in [-0.4, -0.2) is 17.0 Å². The van der Waals surface area contributed by atoms with Crippen molar-refractivity contribution in [3.63, 3.8) is 0 Å². The molecule has 0 bridgehead atoms. The topological polar surface area (TPSA) is 78.4 Å². The third-order valence-corrected chi connectivity index (χ3v) is 5.10. The summed E-state index contributed by atoms with van der Waals surface area (Å²) in [5.41, 5.74) is 4.81. The molecule has 3 N–H and O–H groups in total. The molecule has 0 radical (unpaired) electrons. The van der Waals surface area contributed by atoms with Gasteiger partial charge in [0.05, 0.1) is 15.8 Å². The molecule has 3 rings (SSSR count). The van der Waals surface area contributed by atoms with Crippen LogP contribution < -0.4 is 10.8 Å². The van der Waals surface area contributed by atoms with Crippen LogP contribution in [0.5, 0.6) is 0 Å². The molecule has 2 aromatic carbocycles. The molecule has 2 amide bonds. The Balaban J connectivity index is 1.67. The van der Waals surface area contributed by atoms with Gasteiger partial charge in [-0.05, 0) is 35.7 Å². The second-order valence-corrected chi connectivity index (χ2v) is 6.87. The maximum absolute atomic E-state index is 12.3. The first kappa shape index (κ1) is 17.8. The van der Waals surface area contributed by atoms with Crippen molar-refractivity contribution in [2.45, 2.75) is 13.0 Å². The van der Waals surface area contributed by atoms with Gasteiger partial charge in [-0.2, -0.15) is 0 Å². The first-order chi connectivity index (χ1) is 12.6. The highest BCUT2D eigenvalue weighted by Gasteiger charge is 2.16. The van der Waals surface area contributed by atoms with Crippen LogP contribution in [0, 0.1) is 0 Å². The zero-order valence-electron chi connectivity index (χ0n) is 14.1. The molecule has 0 saturated heterocycles. The summed E-state index contributed by atoms with van der Waals surface area (Å²) in [5.74, 6) is -0.884. The molecule has 26 heavy (non-hydrogen) atoms. The van der Waals surface area contributed by atoms with E-state index in [0.717, 1.165) is 28.0 Å². The summed E-state index contributed by atoms with van der Waals surface area (Å²) >= 11 is 1.03. The van der Waals surface area contributed by atoms with Crippen molar-refractivity contribution in [1.82, 2.24) is 10.8 Å². The van der Waals surface area contributed by atoms with E-state index in [1.807, 2.05) is 49.4 Å². The van der Waals surface area contributed by atoms with Crippen molar-refractivity contribution in [1.29, 1.82) is 0 Å².